The van der Waals surface area contributed by atoms with Crippen molar-refractivity contribution >= 4 is 27.8 Å². The molecule has 1 saturated heterocycles. The largest absolute Gasteiger partial charge is 0.493 e. The highest BCUT2D eigenvalue weighted by Gasteiger charge is 2.48. The number of nitrogens with one attached hydrogen (secondary N) is 2. The van der Waals surface area contributed by atoms with Crippen LogP contribution in [0.15, 0.2) is 60.7 Å². The Labute approximate surface area is 246 Å². The number of rotatable bonds is 13. The summed E-state index contributed by atoms with van der Waals surface area (Å²) in [4.78, 5) is 14.7. The molecule has 0 saturated carbocycles. The van der Waals surface area contributed by atoms with Crippen LogP contribution in [-0.2, 0) is 9.53 Å². The minimum Gasteiger partial charge on any atom is -0.493 e. The number of aromatic amines is 1. The number of carboxylic acid groups (broad SMARTS) is 1. The number of hydrogen-bond donors (Lipinski definition) is 7. The number of fused-ring (bicyclic) bond motifs is 3. The summed E-state index contributed by atoms with van der Waals surface area (Å²) in [5.74, 6) is 0.510. The van der Waals surface area contributed by atoms with Crippen LogP contribution in [0.1, 0.15) is 0 Å². The summed E-state index contributed by atoms with van der Waals surface area (Å²) in [5.41, 5.74) is 1.21. The van der Waals surface area contributed by atoms with Crippen LogP contribution in [0.5, 0.6) is 23.0 Å². The number of H-pyrrole nitrogens is 1. The lowest BCUT2D eigenvalue weighted by Crippen LogP contribution is -2.61. The van der Waals surface area contributed by atoms with Gasteiger partial charge in [0.15, 0.2) is 17.6 Å². The Morgan fingerprint density at radius 1 is 0.930 bits per heavy atom. The van der Waals surface area contributed by atoms with Gasteiger partial charge in [-0.05, 0) is 30.3 Å². The summed E-state index contributed by atoms with van der Waals surface area (Å²) < 4.78 is 28.1. The fraction of sp³-hybridized carbons (Fsp3) is 0.367. The Balaban J connectivity index is 1.22. The number of aliphatic hydroxyl groups excluding tert-OH is 4. The van der Waals surface area contributed by atoms with E-state index >= 15 is 0 Å². The first-order valence-corrected chi connectivity index (χ1v) is 13.7. The van der Waals surface area contributed by atoms with Gasteiger partial charge < -0.3 is 59.5 Å². The Kier molecular flexibility index (Phi) is 9.50. The Hall–Kier alpha value is -4.11. The first-order chi connectivity index (χ1) is 20.8. The van der Waals surface area contributed by atoms with Crippen LogP contribution >= 0.6 is 0 Å². The molecule has 0 bridgehead atoms. The van der Waals surface area contributed by atoms with Gasteiger partial charge in [-0.15, -0.1) is 0 Å². The van der Waals surface area contributed by atoms with E-state index in [1.54, 1.807) is 31.4 Å². The van der Waals surface area contributed by atoms with Crippen LogP contribution in [0.4, 0.5) is 0 Å². The summed E-state index contributed by atoms with van der Waals surface area (Å²) in [7, 11) is 1.58. The van der Waals surface area contributed by atoms with Crippen molar-refractivity contribution in [2.75, 3.05) is 33.4 Å². The summed E-state index contributed by atoms with van der Waals surface area (Å²) in [6, 6.07) is 17.9. The van der Waals surface area contributed by atoms with Gasteiger partial charge in [-0.25, -0.2) is 4.79 Å². The molecule has 1 aliphatic heterocycles. The van der Waals surface area contributed by atoms with Crippen molar-refractivity contribution in [2.45, 2.75) is 36.8 Å². The van der Waals surface area contributed by atoms with Crippen LogP contribution in [0.3, 0.4) is 0 Å². The number of carbonyl (C=O) groups is 1. The van der Waals surface area contributed by atoms with Gasteiger partial charge in [0, 0.05) is 23.9 Å². The number of methoxy groups -OCH3 is 1. The van der Waals surface area contributed by atoms with E-state index in [0.29, 0.717) is 46.8 Å². The van der Waals surface area contributed by atoms with Crippen LogP contribution in [-0.4, -0.2) is 107 Å². The zero-order valence-corrected chi connectivity index (χ0v) is 23.3. The fourth-order valence-electron chi connectivity index (χ4n) is 4.89. The third-order valence-corrected chi connectivity index (χ3v) is 7.05. The molecule has 4 aromatic rings. The molecule has 2 heterocycles. The van der Waals surface area contributed by atoms with Crippen LogP contribution in [0, 0.1) is 0 Å². The van der Waals surface area contributed by atoms with Crippen LogP contribution in [0.2, 0.25) is 0 Å². The number of benzene rings is 3. The molecular formula is C30H34N2O11. The van der Waals surface area contributed by atoms with Gasteiger partial charge >= 0.3 is 5.97 Å². The monoisotopic (exact) mass is 598 g/mol. The van der Waals surface area contributed by atoms with Crippen molar-refractivity contribution in [2.24, 2.45) is 0 Å². The zero-order valence-electron chi connectivity index (χ0n) is 23.3. The molecule has 7 N–H and O–H groups in total. The van der Waals surface area contributed by atoms with Gasteiger partial charge in [0.1, 0.15) is 49.1 Å². The lowest BCUT2D eigenvalue weighted by molar-refractivity contribution is -0.270. The van der Waals surface area contributed by atoms with Crippen molar-refractivity contribution in [3.8, 4) is 23.0 Å². The highest BCUT2D eigenvalue weighted by molar-refractivity contribution is 6.12. The van der Waals surface area contributed by atoms with E-state index in [4.69, 9.17) is 23.7 Å². The number of carboxylic acids is 1. The van der Waals surface area contributed by atoms with E-state index in [1.807, 2.05) is 36.4 Å². The quantitative estimate of drug-likeness (QED) is 0.108. The normalized spacial score (nSPS) is 22.8. The van der Waals surface area contributed by atoms with E-state index in [0.717, 1.165) is 5.39 Å². The SMILES string of the molecule is COc1ccccc1OCCNCC(O)COc1cccc2[nH]c3c(O[C@@H]4O[C@H](C(=O)O)[C@@H](O)[C@H](O)[C@H]4O)cccc3c12. The second-order valence-electron chi connectivity index (χ2n) is 10.0. The van der Waals surface area contributed by atoms with Crippen LogP contribution in [0.25, 0.3) is 21.8 Å². The van der Waals surface area contributed by atoms with Crippen molar-refractivity contribution in [3.05, 3.63) is 60.7 Å². The molecule has 13 nitrogen and oxygen atoms in total. The molecule has 0 aliphatic carbocycles. The van der Waals surface area contributed by atoms with Crippen molar-refractivity contribution < 1.29 is 54.0 Å². The molecular weight excluding hydrogens is 564 g/mol. The average Bonchev–Trinajstić information content (AvgIpc) is 3.40. The first-order valence-electron chi connectivity index (χ1n) is 13.7. The van der Waals surface area contributed by atoms with Crippen molar-refractivity contribution in [1.29, 1.82) is 0 Å². The van der Waals surface area contributed by atoms with E-state index in [-0.39, 0.29) is 18.9 Å². The van der Waals surface area contributed by atoms with Gasteiger partial charge in [0.05, 0.1) is 18.1 Å². The average molecular weight is 599 g/mol. The van der Waals surface area contributed by atoms with Gasteiger partial charge in [-0.1, -0.05) is 30.3 Å². The highest BCUT2D eigenvalue weighted by atomic mass is 16.7. The van der Waals surface area contributed by atoms with Crippen molar-refractivity contribution in [3.63, 3.8) is 0 Å². The number of aromatic nitrogens is 1. The first kappa shape index (κ1) is 30.4. The van der Waals surface area contributed by atoms with Crippen LogP contribution < -0.4 is 24.3 Å². The molecule has 0 radical (unpaired) electrons. The lowest BCUT2D eigenvalue weighted by atomic mass is 9.99. The molecule has 1 unspecified atom stereocenters. The Morgan fingerprint density at radius 2 is 1.65 bits per heavy atom. The second kappa shape index (κ2) is 13.5. The standard InChI is InChI=1S/C30H34N2O11/c1-39-19-8-2-3-9-20(19)40-13-12-31-14-16(33)15-41-21-10-5-7-18-23(21)17-6-4-11-22(24(17)32-18)42-30-27(36)25(34)26(35)28(43-30)29(37)38/h2-11,16,25-28,30-36H,12-15H2,1H3,(H,37,38)/t16?,25-,26-,27+,28-,30+/m0/s1. The number of ether oxygens (including phenoxy) is 5. The molecule has 13 heteroatoms. The predicted octanol–water partition coefficient (Wildman–Crippen LogP) is 1.01. The van der Waals surface area contributed by atoms with Gasteiger partial charge in [-0.3, -0.25) is 0 Å². The molecule has 1 fully saturated rings. The topological polar surface area (TPSA) is 192 Å². The van der Waals surface area contributed by atoms with E-state index < -0.39 is 42.8 Å². The Morgan fingerprint density at radius 3 is 2.42 bits per heavy atom. The maximum atomic E-state index is 11.5. The molecule has 6 atom stereocenters. The van der Waals surface area contributed by atoms with Gasteiger partial charge in [0.25, 0.3) is 0 Å². The number of hydrogen-bond acceptors (Lipinski definition) is 11. The summed E-state index contributed by atoms with van der Waals surface area (Å²) >= 11 is 0. The minimum absolute atomic E-state index is 0.0151. The second-order valence-corrected chi connectivity index (χ2v) is 10.0. The number of para-hydroxylation sites is 3. The van der Waals surface area contributed by atoms with E-state index in [9.17, 15) is 30.3 Å². The molecule has 0 spiro atoms. The third kappa shape index (κ3) is 6.62. The predicted molar refractivity (Wildman–Crippen MR) is 154 cm³/mol. The maximum absolute atomic E-state index is 11.5. The van der Waals surface area contributed by atoms with E-state index in [1.165, 1.54) is 0 Å². The highest BCUT2D eigenvalue weighted by Crippen LogP contribution is 2.38. The molecule has 43 heavy (non-hydrogen) atoms. The molecule has 1 aromatic heterocycles. The summed E-state index contributed by atoms with van der Waals surface area (Å²) in [6.45, 7) is 1.17. The molecule has 5 rings (SSSR count). The maximum Gasteiger partial charge on any atom is 0.335 e. The van der Waals surface area contributed by atoms with Crippen molar-refractivity contribution in [1.82, 2.24) is 10.3 Å². The molecule has 230 valence electrons. The third-order valence-electron chi connectivity index (χ3n) is 7.05. The Bertz CT molecular complexity index is 1540. The van der Waals surface area contributed by atoms with Gasteiger partial charge in [0.2, 0.25) is 6.29 Å². The van der Waals surface area contributed by atoms with Gasteiger partial charge in [-0.2, -0.15) is 0 Å². The number of aliphatic hydroxyl groups is 4. The summed E-state index contributed by atoms with van der Waals surface area (Å²) in [5, 5.41) is 54.9. The summed E-state index contributed by atoms with van der Waals surface area (Å²) in [6.07, 6.45) is -9.47. The molecule has 1 aliphatic rings. The van der Waals surface area contributed by atoms with E-state index in [2.05, 4.69) is 10.3 Å². The molecule has 3 aromatic carbocycles. The minimum atomic E-state index is -1.83. The molecule has 0 amide bonds. The fourth-order valence-corrected chi connectivity index (χ4v) is 4.89. The number of aliphatic carboxylic acids is 1. The smallest absolute Gasteiger partial charge is 0.335 e. The zero-order chi connectivity index (χ0) is 30.5. The lowest BCUT2D eigenvalue weighted by Gasteiger charge is -2.38.